The molecule has 0 saturated carbocycles. The van der Waals surface area contributed by atoms with Crippen LogP contribution in [0, 0.1) is 5.82 Å². The van der Waals surface area contributed by atoms with Gasteiger partial charge in [-0.3, -0.25) is 4.79 Å². The average molecular weight is 456 g/mol. The van der Waals surface area contributed by atoms with E-state index in [9.17, 15) is 14.0 Å². The minimum atomic E-state index is -0.681. The molecule has 0 aliphatic heterocycles. The maximum atomic E-state index is 13.3. The molecule has 0 aliphatic carbocycles. The number of nitrogens with one attached hydrogen (secondary N) is 1. The van der Waals surface area contributed by atoms with Gasteiger partial charge in [0.15, 0.2) is 18.1 Å². The zero-order valence-electron chi connectivity index (χ0n) is 17.5. The van der Waals surface area contributed by atoms with E-state index >= 15 is 0 Å². The molecule has 0 bridgehead atoms. The van der Waals surface area contributed by atoms with E-state index in [4.69, 9.17) is 14.2 Å². The standard InChI is InChI=1S/C24H22FNO5S/c1-29-19-6-3-5-17(24(19)30-2)10-13-22(28)31-15-21(27)26-23(20-7-4-14-32-20)16-8-11-18(25)12-9-16/h3-14,23H,15H2,1-2H3,(H,26,27)/b13-10+. The van der Waals surface area contributed by atoms with Crippen molar-refractivity contribution in [1.82, 2.24) is 5.32 Å². The lowest BCUT2D eigenvalue weighted by molar-refractivity contribution is -0.143. The number of methoxy groups -OCH3 is 2. The van der Waals surface area contributed by atoms with Crippen LogP contribution in [0.5, 0.6) is 11.5 Å². The largest absolute Gasteiger partial charge is 0.493 e. The average Bonchev–Trinajstić information content (AvgIpc) is 3.34. The monoisotopic (exact) mass is 455 g/mol. The highest BCUT2D eigenvalue weighted by atomic mass is 32.1. The number of amides is 1. The number of esters is 1. The van der Waals surface area contributed by atoms with Crippen LogP contribution in [0.4, 0.5) is 4.39 Å². The van der Waals surface area contributed by atoms with Crippen LogP contribution >= 0.6 is 11.3 Å². The number of thiophene rings is 1. The van der Waals surface area contributed by atoms with E-state index in [0.29, 0.717) is 17.1 Å². The molecule has 0 aliphatic rings. The van der Waals surface area contributed by atoms with Crippen molar-refractivity contribution in [2.24, 2.45) is 0 Å². The number of hydrogen-bond donors (Lipinski definition) is 1. The number of carbonyl (C=O) groups excluding carboxylic acids is 2. The Hall–Kier alpha value is -3.65. The summed E-state index contributed by atoms with van der Waals surface area (Å²) >= 11 is 1.46. The zero-order valence-corrected chi connectivity index (χ0v) is 18.4. The van der Waals surface area contributed by atoms with Gasteiger partial charge in [0, 0.05) is 16.5 Å². The van der Waals surface area contributed by atoms with Crippen molar-refractivity contribution in [1.29, 1.82) is 0 Å². The summed E-state index contributed by atoms with van der Waals surface area (Å²) in [6, 6.07) is 14.4. The Morgan fingerprint density at radius 1 is 1.06 bits per heavy atom. The van der Waals surface area contributed by atoms with Gasteiger partial charge in [-0.25, -0.2) is 9.18 Å². The lowest BCUT2D eigenvalue weighted by atomic mass is 10.1. The summed E-state index contributed by atoms with van der Waals surface area (Å²) < 4.78 is 28.9. The summed E-state index contributed by atoms with van der Waals surface area (Å²) in [4.78, 5) is 25.4. The predicted molar refractivity (Wildman–Crippen MR) is 120 cm³/mol. The van der Waals surface area contributed by atoms with Gasteiger partial charge in [-0.2, -0.15) is 0 Å². The number of benzene rings is 2. The molecular weight excluding hydrogens is 433 g/mol. The number of ether oxygens (including phenoxy) is 3. The second-order valence-electron chi connectivity index (χ2n) is 6.59. The van der Waals surface area contributed by atoms with Crippen LogP contribution in [0.3, 0.4) is 0 Å². The minimum absolute atomic E-state index is 0.363. The van der Waals surface area contributed by atoms with Crippen LogP contribution in [0.2, 0.25) is 0 Å². The van der Waals surface area contributed by atoms with Gasteiger partial charge in [0.25, 0.3) is 5.91 Å². The molecule has 0 saturated heterocycles. The van der Waals surface area contributed by atoms with Gasteiger partial charge >= 0.3 is 5.97 Å². The summed E-state index contributed by atoms with van der Waals surface area (Å²) in [6.07, 6.45) is 2.73. The molecule has 2 aromatic carbocycles. The Morgan fingerprint density at radius 3 is 2.50 bits per heavy atom. The normalized spacial score (nSPS) is 11.7. The second kappa shape index (κ2) is 11.1. The van der Waals surface area contributed by atoms with Crippen molar-refractivity contribution >= 4 is 29.3 Å². The molecule has 0 spiro atoms. The Morgan fingerprint density at radius 2 is 1.84 bits per heavy atom. The van der Waals surface area contributed by atoms with Crippen molar-refractivity contribution in [3.8, 4) is 11.5 Å². The Kier molecular flexibility index (Phi) is 7.99. The SMILES string of the molecule is COc1cccc(/C=C/C(=O)OCC(=O)NC(c2ccc(F)cc2)c2cccs2)c1OC. The first-order valence-electron chi connectivity index (χ1n) is 9.66. The van der Waals surface area contributed by atoms with E-state index in [-0.39, 0.29) is 5.82 Å². The number of carbonyl (C=O) groups is 2. The molecule has 6 nitrogen and oxygen atoms in total. The summed E-state index contributed by atoms with van der Waals surface area (Å²) in [6.45, 7) is -0.457. The van der Waals surface area contributed by atoms with Gasteiger partial charge < -0.3 is 19.5 Å². The molecule has 0 fully saturated rings. The second-order valence-corrected chi connectivity index (χ2v) is 7.57. The van der Waals surface area contributed by atoms with Crippen LogP contribution in [0.15, 0.2) is 66.1 Å². The van der Waals surface area contributed by atoms with Crippen LogP contribution in [0.25, 0.3) is 6.08 Å². The van der Waals surface area contributed by atoms with Crippen molar-refractivity contribution in [3.05, 3.63) is 87.9 Å². The molecule has 1 atom stereocenters. The molecule has 0 radical (unpaired) electrons. The van der Waals surface area contributed by atoms with Gasteiger partial charge in [0.2, 0.25) is 0 Å². The fourth-order valence-corrected chi connectivity index (χ4v) is 3.82. The fourth-order valence-electron chi connectivity index (χ4n) is 3.02. The maximum Gasteiger partial charge on any atom is 0.331 e. The fraction of sp³-hybridized carbons (Fsp3) is 0.167. The summed E-state index contributed by atoms with van der Waals surface area (Å²) in [5, 5.41) is 4.71. The number of para-hydroxylation sites is 1. The first-order chi connectivity index (χ1) is 15.5. The smallest absolute Gasteiger partial charge is 0.331 e. The molecule has 166 valence electrons. The number of hydrogen-bond acceptors (Lipinski definition) is 6. The molecule has 1 aromatic heterocycles. The van der Waals surface area contributed by atoms with E-state index in [2.05, 4.69) is 5.32 Å². The highest BCUT2D eigenvalue weighted by molar-refractivity contribution is 7.10. The van der Waals surface area contributed by atoms with Crippen LogP contribution in [0.1, 0.15) is 22.0 Å². The quantitative estimate of drug-likeness (QED) is 0.383. The van der Waals surface area contributed by atoms with Crippen LogP contribution in [-0.2, 0) is 14.3 Å². The molecule has 32 heavy (non-hydrogen) atoms. The molecule has 1 heterocycles. The van der Waals surface area contributed by atoms with Gasteiger partial charge in [0.05, 0.1) is 20.3 Å². The van der Waals surface area contributed by atoms with Gasteiger partial charge in [-0.15, -0.1) is 11.3 Å². The molecule has 1 unspecified atom stereocenters. The van der Waals surface area contributed by atoms with Gasteiger partial charge in [-0.1, -0.05) is 30.3 Å². The molecular formula is C24H22FNO5S. The van der Waals surface area contributed by atoms with Crippen molar-refractivity contribution < 1.29 is 28.2 Å². The molecule has 1 N–H and O–H groups in total. The van der Waals surface area contributed by atoms with Gasteiger partial charge in [-0.05, 0) is 41.3 Å². The molecule has 8 heteroatoms. The van der Waals surface area contributed by atoms with Crippen molar-refractivity contribution in [2.45, 2.75) is 6.04 Å². The summed E-state index contributed by atoms with van der Waals surface area (Å²) in [5.41, 5.74) is 1.35. The summed E-state index contributed by atoms with van der Waals surface area (Å²) in [7, 11) is 3.02. The third kappa shape index (κ3) is 5.95. The molecule has 1 amide bonds. The van der Waals surface area contributed by atoms with E-state index in [1.165, 1.54) is 49.8 Å². The van der Waals surface area contributed by atoms with Crippen molar-refractivity contribution in [3.63, 3.8) is 0 Å². The van der Waals surface area contributed by atoms with Gasteiger partial charge in [0.1, 0.15) is 5.82 Å². The minimum Gasteiger partial charge on any atom is -0.493 e. The Labute approximate surface area is 189 Å². The van der Waals surface area contributed by atoms with E-state index in [0.717, 1.165) is 10.4 Å². The first-order valence-corrected chi connectivity index (χ1v) is 10.5. The predicted octanol–water partition coefficient (Wildman–Crippen LogP) is 4.37. The topological polar surface area (TPSA) is 73.9 Å². The highest BCUT2D eigenvalue weighted by Gasteiger charge is 2.19. The number of rotatable bonds is 9. The zero-order chi connectivity index (χ0) is 22.9. The lowest BCUT2D eigenvalue weighted by Crippen LogP contribution is -2.32. The Bertz CT molecular complexity index is 1080. The highest BCUT2D eigenvalue weighted by Crippen LogP contribution is 2.31. The van der Waals surface area contributed by atoms with Crippen LogP contribution < -0.4 is 14.8 Å². The molecule has 3 rings (SSSR count). The lowest BCUT2D eigenvalue weighted by Gasteiger charge is -2.18. The third-order valence-corrected chi connectivity index (χ3v) is 5.45. The third-order valence-electron chi connectivity index (χ3n) is 4.51. The van der Waals surface area contributed by atoms with E-state index in [1.54, 1.807) is 30.3 Å². The summed E-state index contributed by atoms with van der Waals surface area (Å²) in [5.74, 6) is -0.510. The van der Waals surface area contributed by atoms with Crippen molar-refractivity contribution in [2.75, 3.05) is 20.8 Å². The first kappa shape index (κ1) is 23.0. The number of halogens is 1. The molecule has 3 aromatic rings. The Balaban J connectivity index is 1.61. The van der Waals surface area contributed by atoms with E-state index < -0.39 is 24.5 Å². The van der Waals surface area contributed by atoms with Crippen LogP contribution in [-0.4, -0.2) is 32.7 Å². The maximum absolute atomic E-state index is 13.3. The van der Waals surface area contributed by atoms with E-state index in [1.807, 2.05) is 17.5 Å².